The third kappa shape index (κ3) is 1.35. The minimum atomic E-state index is 0.551. The van der Waals surface area contributed by atoms with Gasteiger partial charge >= 0.3 is 0 Å². The summed E-state index contributed by atoms with van der Waals surface area (Å²) in [6.07, 6.45) is 2.97. The molecule has 0 N–H and O–H groups in total. The Balaban J connectivity index is 2.30. The molecular formula is C6H11IO. The third-order valence-corrected chi connectivity index (χ3v) is 2.96. The highest BCUT2D eigenvalue weighted by Gasteiger charge is 2.23. The molecule has 0 saturated carbocycles. The van der Waals surface area contributed by atoms with Crippen LogP contribution in [0.1, 0.15) is 19.8 Å². The molecule has 1 aliphatic heterocycles. The Morgan fingerprint density at radius 1 is 1.75 bits per heavy atom. The highest BCUT2D eigenvalue weighted by molar-refractivity contribution is 14.1. The van der Waals surface area contributed by atoms with Gasteiger partial charge in [-0.2, -0.15) is 0 Å². The maximum absolute atomic E-state index is 5.41. The molecule has 1 fully saturated rings. The van der Waals surface area contributed by atoms with E-state index >= 15 is 0 Å². The van der Waals surface area contributed by atoms with Gasteiger partial charge in [-0.25, -0.2) is 0 Å². The van der Waals surface area contributed by atoms with E-state index < -0.39 is 0 Å². The van der Waals surface area contributed by atoms with Crippen LogP contribution in [-0.2, 0) is 4.74 Å². The summed E-state index contributed by atoms with van der Waals surface area (Å²) in [7, 11) is 0. The molecule has 0 aromatic carbocycles. The molecule has 2 atom stereocenters. The van der Waals surface area contributed by atoms with Gasteiger partial charge in [0.15, 0.2) is 0 Å². The summed E-state index contributed by atoms with van der Waals surface area (Å²) < 4.78 is 6.18. The average Bonchev–Trinajstić information content (AvgIpc) is 2.14. The Bertz CT molecular complexity index is 74.9. The van der Waals surface area contributed by atoms with Gasteiger partial charge < -0.3 is 4.74 Å². The van der Waals surface area contributed by atoms with Gasteiger partial charge in [0.2, 0.25) is 0 Å². The fourth-order valence-electron chi connectivity index (χ4n) is 0.996. The highest BCUT2D eigenvalue weighted by Crippen LogP contribution is 2.23. The molecule has 0 bridgehead atoms. The van der Waals surface area contributed by atoms with Gasteiger partial charge in [-0.05, 0) is 12.8 Å². The first-order valence-electron chi connectivity index (χ1n) is 3.10. The molecule has 0 spiro atoms. The Kier molecular flexibility index (Phi) is 2.56. The number of hydrogen-bond donors (Lipinski definition) is 0. The van der Waals surface area contributed by atoms with Crippen molar-refractivity contribution in [3.8, 4) is 0 Å². The van der Waals surface area contributed by atoms with E-state index in [1.165, 1.54) is 12.8 Å². The van der Waals surface area contributed by atoms with E-state index in [-0.39, 0.29) is 0 Å². The molecule has 1 heterocycles. The lowest BCUT2D eigenvalue weighted by Crippen LogP contribution is -2.12. The molecule has 0 unspecified atom stereocenters. The highest BCUT2D eigenvalue weighted by atomic mass is 127. The Labute approximate surface area is 63.9 Å². The van der Waals surface area contributed by atoms with Crippen molar-refractivity contribution in [2.45, 2.75) is 29.8 Å². The predicted molar refractivity (Wildman–Crippen MR) is 42.5 cm³/mol. The van der Waals surface area contributed by atoms with Crippen LogP contribution in [0.5, 0.6) is 0 Å². The molecule has 1 rings (SSSR count). The first-order chi connectivity index (χ1) is 3.84. The molecule has 2 heteroatoms. The van der Waals surface area contributed by atoms with E-state index in [1.807, 2.05) is 0 Å². The van der Waals surface area contributed by atoms with E-state index in [4.69, 9.17) is 4.74 Å². The van der Waals surface area contributed by atoms with Gasteiger partial charge in [-0.1, -0.05) is 29.5 Å². The second-order valence-electron chi connectivity index (χ2n) is 2.12. The standard InChI is InChI=1S/C6H11IO/c1-2-6-5(7)3-4-8-6/h5-6H,2-4H2,1H3/t5-,6-/m1/s1. The largest absolute Gasteiger partial charge is 0.377 e. The maximum atomic E-state index is 5.41. The number of alkyl halides is 1. The van der Waals surface area contributed by atoms with Crippen molar-refractivity contribution < 1.29 is 4.74 Å². The van der Waals surface area contributed by atoms with E-state index in [0.29, 0.717) is 6.10 Å². The van der Waals surface area contributed by atoms with E-state index in [2.05, 4.69) is 29.5 Å². The van der Waals surface area contributed by atoms with E-state index in [1.54, 1.807) is 0 Å². The molecule has 8 heavy (non-hydrogen) atoms. The topological polar surface area (TPSA) is 9.23 Å². The lowest BCUT2D eigenvalue weighted by Gasteiger charge is -2.08. The normalized spacial score (nSPS) is 38.2. The molecule has 0 aromatic rings. The smallest absolute Gasteiger partial charge is 0.0690 e. The van der Waals surface area contributed by atoms with Crippen molar-refractivity contribution in [3.05, 3.63) is 0 Å². The first kappa shape index (κ1) is 6.81. The summed E-state index contributed by atoms with van der Waals surface area (Å²) in [6, 6.07) is 0. The van der Waals surface area contributed by atoms with Gasteiger partial charge in [0, 0.05) is 10.5 Å². The van der Waals surface area contributed by atoms with Crippen LogP contribution in [0.3, 0.4) is 0 Å². The van der Waals surface area contributed by atoms with Crippen molar-refractivity contribution in [2.75, 3.05) is 6.61 Å². The molecule has 1 nitrogen and oxygen atoms in total. The minimum absolute atomic E-state index is 0.551. The van der Waals surface area contributed by atoms with Crippen LogP contribution in [0.4, 0.5) is 0 Å². The predicted octanol–water partition coefficient (Wildman–Crippen LogP) is 1.99. The number of ether oxygens (including phenoxy) is 1. The van der Waals surface area contributed by atoms with Crippen LogP contribution >= 0.6 is 22.6 Å². The summed E-state index contributed by atoms with van der Waals surface area (Å²) in [5.41, 5.74) is 0. The SMILES string of the molecule is CC[C@H]1OCC[C@H]1I. The van der Waals surface area contributed by atoms with Gasteiger partial charge in [0.25, 0.3) is 0 Å². The van der Waals surface area contributed by atoms with Gasteiger partial charge in [-0.3, -0.25) is 0 Å². The fourth-order valence-corrected chi connectivity index (χ4v) is 1.97. The monoisotopic (exact) mass is 226 g/mol. The number of halogens is 1. The molecule has 0 aliphatic carbocycles. The third-order valence-electron chi connectivity index (χ3n) is 1.53. The van der Waals surface area contributed by atoms with Crippen molar-refractivity contribution in [3.63, 3.8) is 0 Å². The van der Waals surface area contributed by atoms with Crippen LogP contribution in [0.25, 0.3) is 0 Å². The first-order valence-corrected chi connectivity index (χ1v) is 4.35. The molecule has 1 saturated heterocycles. The van der Waals surface area contributed by atoms with Crippen molar-refractivity contribution in [1.29, 1.82) is 0 Å². The Hall–Kier alpha value is 0.690. The maximum Gasteiger partial charge on any atom is 0.0690 e. The molecule has 1 aliphatic rings. The molecule has 0 amide bonds. The van der Waals surface area contributed by atoms with E-state index in [0.717, 1.165) is 10.5 Å². The van der Waals surface area contributed by atoms with Crippen molar-refractivity contribution in [2.24, 2.45) is 0 Å². The van der Waals surface area contributed by atoms with Gasteiger partial charge in [0.1, 0.15) is 0 Å². The summed E-state index contributed by atoms with van der Waals surface area (Å²) in [6.45, 7) is 3.16. The average molecular weight is 226 g/mol. The summed E-state index contributed by atoms with van der Waals surface area (Å²) >= 11 is 2.47. The van der Waals surface area contributed by atoms with E-state index in [9.17, 15) is 0 Å². The van der Waals surface area contributed by atoms with Crippen LogP contribution in [0, 0.1) is 0 Å². The lowest BCUT2D eigenvalue weighted by molar-refractivity contribution is 0.112. The fraction of sp³-hybridized carbons (Fsp3) is 1.00. The van der Waals surface area contributed by atoms with Crippen LogP contribution in [0.15, 0.2) is 0 Å². The van der Waals surface area contributed by atoms with Crippen LogP contribution < -0.4 is 0 Å². The number of hydrogen-bond acceptors (Lipinski definition) is 1. The quantitative estimate of drug-likeness (QED) is 0.490. The number of rotatable bonds is 1. The second-order valence-corrected chi connectivity index (χ2v) is 3.72. The summed E-state index contributed by atoms with van der Waals surface area (Å²) in [5.74, 6) is 0. The summed E-state index contributed by atoms with van der Waals surface area (Å²) in [5, 5.41) is 0. The Morgan fingerprint density at radius 2 is 2.50 bits per heavy atom. The molecule has 0 radical (unpaired) electrons. The molecule has 0 aromatic heterocycles. The zero-order valence-corrected chi connectivity index (χ0v) is 7.22. The molecule has 48 valence electrons. The zero-order chi connectivity index (χ0) is 5.98. The van der Waals surface area contributed by atoms with Gasteiger partial charge in [-0.15, -0.1) is 0 Å². The van der Waals surface area contributed by atoms with Crippen molar-refractivity contribution in [1.82, 2.24) is 0 Å². The van der Waals surface area contributed by atoms with Gasteiger partial charge in [0.05, 0.1) is 6.10 Å². The minimum Gasteiger partial charge on any atom is -0.377 e. The second kappa shape index (κ2) is 3.01. The van der Waals surface area contributed by atoms with Crippen LogP contribution in [0.2, 0.25) is 0 Å². The van der Waals surface area contributed by atoms with Crippen LogP contribution in [-0.4, -0.2) is 16.6 Å². The Morgan fingerprint density at radius 3 is 2.75 bits per heavy atom. The van der Waals surface area contributed by atoms with Crippen molar-refractivity contribution >= 4 is 22.6 Å². The zero-order valence-electron chi connectivity index (χ0n) is 5.06. The molecular weight excluding hydrogens is 215 g/mol. The lowest BCUT2D eigenvalue weighted by atomic mass is 10.2. The summed E-state index contributed by atoms with van der Waals surface area (Å²) in [4.78, 5) is 0.